The van der Waals surface area contributed by atoms with E-state index in [-0.39, 0.29) is 19.3 Å². The van der Waals surface area contributed by atoms with Crippen molar-refractivity contribution in [1.82, 2.24) is 4.57 Å². The largest absolute Gasteiger partial charge is 0.491 e. The third-order valence-corrected chi connectivity index (χ3v) is 6.80. The van der Waals surface area contributed by atoms with E-state index in [1.807, 2.05) is 71.9 Å². The van der Waals surface area contributed by atoms with Gasteiger partial charge in [0, 0.05) is 35.4 Å². The quantitative estimate of drug-likeness (QED) is 0.477. The second-order valence-corrected chi connectivity index (χ2v) is 8.56. The van der Waals surface area contributed by atoms with E-state index < -0.39 is 5.41 Å². The number of hydrogen-bond donors (Lipinski definition) is 0. The third-order valence-electron chi connectivity index (χ3n) is 6.80. The molecule has 1 atom stereocenters. The Labute approximate surface area is 190 Å². The maximum Gasteiger partial charge on any atom is 0.246 e. The molecule has 0 radical (unpaired) electrons. The van der Waals surface area contributed by atoms with Crippen LogP contribution in [0.25, 0.3) is 5.69 Å². The summed E-state index contributed by atoms with van der Waals surface area (Å²) in [6.07, 6.45) is 4.03. The number of fused-ring (bicyclic) bond motifs is 5. The maximum absolute atomic E-state index is 14.1. The van der Waals surface area contributed by atoms with Gasteiger partial charge in [0.1, 0.15) is 17.8 Å². The number of aromatic nitrogens is 1. The van der Waals surface area contributed by atoms with Gasteiger partial charge in [0.25, 0.3) is 0 Å². The van der Waals surface area contributed by atoms with Gasteiger partial charge in [0.15, 0.2) is 11.5 Å². The standard InChI is InChI=1S/C27H20N2O4/c30-26-27(16-31-23-14-25-24(13-21(23)27)32-17-33-25)20-8-1-2-9-22(20)29(26)15-18-6-5-7-19(12-18)28-10-3-4-11-28/h1-14H,15-17H2. The Kier molecular flexibility index (Phi) is 3.71. The number of benzene rings is 3. The van der Waals surface area contributed by atoms with Crippen molar-refractivity contribution in [2.75, 3.05) is 18.3 Å². The first kappa shape index (κ1) is 18.4. The van der Waals surface area contributed by atoms with E-state index >= 15 is 0 Å². The number of amides is 1. The summed E-state index contributed by atoms with van der Waals surface area (Å²) >= 11 is 0. The molecular formula is C27H20N2O4. The SMILES string of the molecule is O=C1N(Cc2cccc(-n3cccc3)c2)c2ccccc2C12COc1cc3c(cc12)OCO3. The fourth-order valence-electron chi connectivity index (χ4n) is 5.23. The summed E-state index contributed by atoms with van der Waals surface area (Å²) in [4.78, 5) is 16.0. The molecule has 1 spiro atoms. The summed E-state index contributed by atoms with van der Waals surface area (Å²) in [5.74, 6) is 2.01. The number of ether oxygens (including phenoxy) is 3. The van der Waals surface area contributed by atoms with E-state index in [0.717, 1.165) is 28.1 Å². The molecule has 0 bridgehead atoms. The molecule has 3 aliphatic rings. The van der Waals surface area contributed by atoms with Crippen molar-refractivity contribution < 1.29 is 19.0 Å². The van der Waals surface area contributed by atoms with Crippen LogP contribution in [0.3, 0.4) is 0 Å². The highest BCUT2D eigenvalue weighted by molar-refractivity contribution is 6.11. The molecule has 1 unspecified atom stereocenters. The number of hydrogen-bond acceptors (Lipinski definition) is 4. The van der Waals surface area contributed by atoms with Crippen molar-refractivity contribution >= 4 is 11.6 Å². The van der Waals surface area contributed by atoms with Crippen molar-refractivity contribution in [3.63, 3.8) is 0 Å². The molecule has 6 nitrogen and oxygen atoms in total. The fourth-order valence-corrected chi connectivity index (χ4v) is 5.23. The van der Waals surface area contributed by atoms with E-state index in [9.17, 15) is 4.79 Å². The molecule has 0 fully saturated rings. The Morgan fingerprint density at radius 2 is 1.61 bits per heavy atom. The Morgan fingerprint density at radius 3 is 2.48 bits per heavy atom. The van der Waals surface area contributed by atoms with Crippen LogP contribution >= 0.6 is 0 Å². The molecule has 6 heteroatoms. The van der Waals surface area contributed by atoms with Gasteiger partial charge in [-0.1, -0.05) is 30.3 Å². The minimum Gasteiger partial charge on any atom is -0.491 e. The summed E-state index contributed by atoms with van der Waals surface area (Å²) in [6.45, 7) is 0.924. The summed E-state index contributed by atoms with van der Waals surface area (Å²) in [5.41, 5.74) is 3.97. The lowest BCUT2D eigenvalue weighted by Crippen LogP contribution is -2.42. The van der Waals surface area contributed by atoms with Gasteiger partial charge in [0.05, 0.1) is 6.54 Å². The number of para-hydroxylation sites is 1. The average molecular weight is 436 g/mol. The first-order chi connectivity index (χ1) is 16.2. The second-order valence-electron chi connectivity index (χ2n) is 8.56. The molecule has 7 rings (SSSR count). The molecule has 0 saturated heterocycles. The monoisotopic (exact) mass is 436 g/mol. The Morgan fingerprint density at radius 1 is 0.788 bits per heavy atom. The zero-order chi connectivity index (χ0) is 22.0. The first-order valence-electron chi connectivity index (χ1n) is 10.9. The lowest BCUT2D eigenvalue weighted by Gasteiger charge is -2.23. The van der Waals surface area contributed by atoms with Crippen molar-refractivity contribution in [2.24, 2.45) is 0 Å². The summed E-state index contributed by atoms with van der Waals surface area (Å²) in [7, 11) is 0. The van der Waals surface area contributed by atoms with Crippen LogP contribution in [0.15, 0.2) is 85.2 Å². The van der Waals surface area contributed by atoms with Gasteiger partial charge < -0.3 is 23.7 Å². The highest BCUT2D eigenvalue weighted by Crippen LogP contribution is 2.55. The predicted molar refractivity (Wildman–Crippen MR) is 122 cm³/mol. The molecule has 33 heavy (non-hydrogen) atoms. The number of rotatable bonds is 3. The molecule has 0 N–H and O–H groups in total. The zero-order valence-electron chi connectivity index (χ0n) is 17.7. The van der Waals surface area contributed by atoms with Crippen LogP contribution in [0.1, 0.15) is 16.7 Å². The number of carbonyl (C=O) groups excluding carboxylic acids is 1. The summed E-state index contributed by atoms with van der Waals surface area (Å²) in [6, 6.07) is 24.0. The fraction of sp³-hybridized carbons (Fsp3) is 0.148. The summed E-state index contributed by atoms with van der Waals surface area (Å²) in [5, 5.41) is 0. The Hall–Kier alpha value is -4.19. The van der Waals surface area contributed by atoms with Crippen LogP contribution in [0.4, 0.5) is 5.69 Å². The molecule has 0 aliphatic carbocycles. The minimum absolute atomic E-state index is 0.0210. The van der Waals surface area contributed by atoms with Gasteiger partial charge in [-0.15, -0.1) is 0 Å². The lowest BCUT2D eigenvalue weighted by molar-refractivity contribution is -0.122. The van der Waals surface area contributed by atoms with Gasteiger partial charge in [-0.05, 0) is 47.5 Å². The lowest BCUT2D eigenvalue weighted by atomic mass is 9.77. The number of anilines is 1. The molecule has 3 aromatic carbocycles. The number of carbonyl (C=O) groups is 1. The van der Waals surface area contributed by atoms with E-state index in [1.54, 1.807) is 0 Å². The van der Waals surface area contributed by atoms with Crippen LogP contribution in [-0.4, -0.2) is 23.9 Å². The maximum atomic E-state index is 14.1. The second kappa shape index (κ2) is 6.65. The van der Waals surface area contributed by atoms with E-state index in [2.05, 4.69) is 22.8 Å². The topological polar surface area (TPSA) is 52.9 Å². The van der Waals surface area contributed by atoms with Gasteiger partial charge >= 0.3 is 0 Å². The molecule has 0 saturated carbocycles. The van der Waals surface area contributed by atoms with E-state index in [1.165, 1.54) is 0 Å². The minimum atomic E-state index is -0.884. The number of nitrogens with zero attached hydrogens (tertiary/aromatic N) is 2. The van der Waals surface area contributed by atoms with Gasteiger partial charge in [-0.2, -0.15) is 0 Å². The van der Waals surface area contributed by atoms with E-state index in [0.29, 0.717) is 23.8 Å². The highest BCUT2D eigenvalue weighted by Gasteiger charge is 2.57. The molecule has 4 heterocycles. The van der Waals surface area contributed by atoms with Crippen molar-refractivity contribution in [3.05, 3.63) is 102 Å². The average Bonchev–Trinajstić information content (AvgIpc) is 3.63. The summed E-state index contributed by atoms with van der Waals surface area (Å²) < 4.78 is 19.3. The predicted octanol–water partition coefficient (Wildman–Crippen LogP) is 4.43. The smallest absolute Gasteiger partial charge is 0.246 e. The van der Waals surface area contributed by atoms with Crippen LogP contribution < -0.4 is 19.1 Å². The van der Waals surface area contributed by atoms with Crippen LogP contribution in [0.5, 0.6) is 17.2 Å². The first-order valence-corrected chi connectivity index (χ1v) is 10.9. The van der Waals surface area contributed by atoms with Crippen LogP contribution in [0.2, 0.25) is 0 Å². The van der Waals surface area contributed by atoms with Crippen molar-refractivity contribution in [3.8, 4) is 22.9 Å². The van der Waals surface area contributed by atoms with Crippen molar-refractivity contribution in [2.45, 2.75) is 12.0 Å². The normalized spacial score (nSPS) is 19.6. The zero-order valence-corrected chi connectivity index (χ0v) is 17.7. The highest BCUT2D eigenvalue weighted by atomic mass is 16.7. The molecule has 1 aromatic heterocycles. The van der Waals surface area contributed by atoms with E-state index in [4.69, 9.17) is 14.2 Å². The van der Waals surface area contributed by atoms with Crippen LogP contribution in [0, 0.1) is 0 Å². The molecule has 4 aromatic rings. The third kappa shape index (κ3) is 2.52. The van der Waals surface area contributed by atoms with Gasteiger partial charge in [-0.3, -0.25) is 4.79 Å². The van der Waals surface area contributed by atoms with Crippen molar-refractivity contribution in [1.29, 1.82) is 0 Å². The molecule has 3 aliphatic heterocycles. The molecular weight excluding hydrogens is 416 g/mol. The Balaban J connectivity index is 1.32. The van der Waals surface area contributed by atoms with Gasteiger partial charge in [0.2, 0.25) is 12.7 Å². The Bertz CT molecular complexity index is 1410. The molecule has 1 amide bonds. The van der Waals surface area contributed by atoms with Gasteiger partial charge in [-0.25, -0.2) is 0 Å². The molecule has 162 valence electrons. The van der Waals surface area contributed by atoms with Crippen LogP contribution in [-0.2, 0) is 16.8 Å².